The molecule has 0 saturated heterocycles. The lowest BCUT2D eigenvalue weighted by Crippen LogP contribution is -2.28. The summed E-state index contributed by atoms with van der Waals surface area (Å²) in [6.45, 7) is 4.04. The van der Waals surface area contributed by atoms with Crippen LogP contribution in [0.2, 0.25) is 0 Å². The molecule has 3 rings (SSSR count). The van der Waals surface area contributed by atoms with E-state index in [2.05, 4.69) is 15.4 Å². The van der Waals surface area contributed by atoms with Gasteiger partial charge >= 0.3 is 0 Å². The van der Waals surface area contributed by atoms with Crippen LogP contribution in [0.5, 0.6) is 0 Å². The number of amides is 1. The smallest absolute Gasteiger partial charge is 0.255 e. The van der Waals surface area contributed by atoms with E-state index < -0.39 is 0 Å². The van der Waals surface area contributed by atoms with Gasteiger partial charge in [0, 0.05) is 18.6 Å². The molecule has 0 fully saturated rings. The molecule has 0 radical (unpaired) electrons. The molecule has 5 nitrogen and oxygen atoms in total. The molecule has 3 aromatic rings. The van der Waals surface area contributed by atoms with Gasteiger partial charge in [-0.15, -0.1) is 0 Å². The number of carbonyl (C=O) groups is 1. The molecule has 22 heavy (non-hydrogen) atoms. The Balaban J connectivity index is 1.86. The van der Waals surface area contributed by atoms with Crippen molar-refractivity contribution in [3.8, 4) is 0 Å². The van der Waals surface area contributed by atoms with Gasteiger partial charge in [-0.3, -0.25) is 9.78 Å². The van der Waals surface area contributed by atoms with E-state index in [1.54, 1.807) is 23.1 Å². The van der Waals surface area contributed by atoms with Crippen molar-refractivity contribution in [2.75, 3.05) is 0 Å². The van der Waals surface area contributed by atoms with E-state index in [4.69, 9.17) is 0 Å². The fourth-order valence-electron chi connectivity index (χ4n) is 2.50. The number of nitrogens with zero attached hydrogens (tertiary/aromatic N) is 3. The molecule has 0 spiro atoms. The van der Waals surface area contributed by atoms with Gasteiger partial charge < -0.3 is 5.32 Å². The zero-order valence-corrected chi connectivity index (χ0v) is 12.7. The van der Waals surface area contributed by atoms with Crippen LogP contribution in [0.15, 0.2) is 49.1 Å². The summed E-state index contributed by atoms with van der Waals surface area (Å²) in [4.78, 5) is 16.7. The van der Waals surface area contributed by atoms with Crippen LogP contribution in [0.25, 0.3) is 5.52 Å². The molecular formula is C17H18N4O. The van der Waals surface area contributed by atoms with Gasteiger partial charge in [-0.25, -0.2) is 4.52 Å². The van der Waals surface area contributed by atoms with Gasteiger partial charge in [-0.2, -0.15) is 5.10 Å². The Morgan fingerprint density at radius 1 is 1.32 bits per heavy atom. The standard InChI is InChI=1S/C17H18N4O/c1-3-15(13-5-4-8-18-9-13)20-17(22)14-10-19-21-11-12(2)6-7-16(14)21/h4-11,15H,3H2,1-2H3,(H,20,22). The van der Waals surface area contributed by atoms with Crippen LogP contribution in [0.4, 0.5) is 0 Å². The molecule has 5 heteroatoms. The van der Waals surface area contributed by atoms with Crippen molar-refractivity contribution in [1.29, 1.82) is 0 Å². The maximum atomic E-state index is 12.6. The zero-order valence-electron chi connectivity index (χ0n) is 12.7. The number of aromatic nitrogens is 3. The van der Waals surface area contributed by atoms with Crippen LogP contribution < -0.4 is 5.32 Å². The van der Waals surface area contributed by atoms with E-state index in [1.807, 2.05) is 44.3 Å². The summed E-state index contributed by atoms with van der Waals surface area (Å²) in [7, 11) is 0. The third-order valence-electron chi connectivity index (χ3n) is 3.71. The maximum absolute atomic E-state index is 12.6. The Hall–Kier alpha value is -2.69. The van der Waals surface area contributed by atoms with Crippen LogP contribution in [-0.2, 0) is 0 Å². The summed E-state index contributed by atoms with van der Waals surface area (Å²) in [6.07, 6.45) is 7.83. The lowest BCUT2D eigenvalue weighted by Gasteiger charge is -2.16. The monoisotopic (exact) mass is 294 g/mol. The second kappa shape index (κ2) is 5.97. The van der Waals surface area contributed by atoms with Crippen molar-refractivity contribution in [1.82, 2.24) is 19.9 Å². The van der Waals surface area contributed by atoms with E-state index >= 15 is 0 Å². The van der Waals surface area contributed by atoms with Gasteiger partial charge in [0.1, 0.15) is 0 Å². The van der Waals surface area contributed by atoms with Gasteiger partial charge in [0.05, 0.1) is 23.3 Å². The van der Waals surface area contributed by atoms with Crippen LogP contribution in [0, 0.1) is 6.92 Å². The van der Waals surface area contributed by atoms with Gasteiger partial charge in [-0.1, -0.05) is 19.1 Å². The third-order valence-corrected chi connectivity index (χ3v) is 3.71. The quantitative estimate of drug-likeness (QED) is 0.805. The minimum absolute atomic E-state index is 0.0541. The molecule has 0 saturated carbocycles. The Labute approximate surface area is 129 Å². The molecule has 3 aromatic heterocycles. The van der Waals surface area contributed by atoms with Gasteiger partial charge in [-0.05, 0) is 36.6 Å². The summed E-state index contributed by atoms with van der Waals surface area (Å²) in [6, 6.07) is 7.69. The molecule has 1 unspecified atom stereocenters. The molecule has 0 aliphatic heterocycles. The number of nitrogens with one attached hydrogen (secondary N) is 1. The molecule has 0 aliphatic rings. The zero-order chi connectivity index (χ0) is 15.5. The molecule has 0 aliphatic carbocycles. The first-order valence-corrected chi connectivity index (χ1v) is 7.34. The summed E-state index contributed by atoms with van der Waals surface area (Å²) in [5, 5.41) is 7.31. The van der Waals surface area contributed by atoms with Crippen molar-refractivity contribution in [3.63, 3.8) is 0 Å². The van der Waals surface area contributed by atoms with E-state index in [-0.39, 0.29) is 11.9 Å². The lowest BCUT2D eigenvalue weighted by molar-refractivity contribution is 0.0937. The highest BCUT2D eigenvalue weighted by atomic mass is 16.1. The second-order valence-corrected chi connectivity index (χ2v) is 5.32. The molecule has 1 N–H and O–H groups in total. The predicted octanol–water partition coefficient (Wildman–Crippen LogP) is 2.92. The Kier molecular flexibility index (Phi) is 3.87. The highest BCUT2D eigenvalue weighted by Gasteiger charge is 2.17. The van der Waals surface area contributed by atoms with Crippen molar-refractivity contribution in [3.05, 3.63) is 65.7 Å². The molecule has 1 atom stereocenters. The number of pyridine rings is 2. The van der Waals surface area contributed by atoms with Crippen molar-refractivity contribution in [2.24, 2.45) is 0 Å². The first kappa shape index (κ1) is 14.3. The molecule has 0 aromatic carbocycles. The Morgan fingerprint density at radius 2 is 2.18 bits per heavy atom. The van der Waals surface area contributed by atoms with Crippen LogP contribution in [-0.4, -0.2) is 20.5 Å². The number of hydrogen-bond donors (Lipinski definition) is 1. The average Bonchev–Trinajstić information content (AvgIpc) is 2.96. The van der Waals surface area contributed by atoms with E-state index in [0.29, 0.717) is 5.56 Å². The fraction of sp³-hybridized carbons (Fsp3) is 0.235. The highest BCUT2D eigenvalue weighted by Crippen LogP contribution is 2.18. The van der Waals surface area contributed by atoms with E-state index in [9.17, 15) is 4.79 Å². The van der Waals surface area contributed by atoms with E-state index in [0.717, 1.165) is 23.1 Å². The third kappa shape index (κ3) is 2.70. The highest BCUT2D eigenvalue weighted by molar-refractivity contribution is 6.00. The summed E-state index contributed by atoms with van der Waals surface area (Å²) in [5.41, 5.74) is 3.50. The topological polar surface area (TPSA) is 59.3 Å². The average molecular weight is 294 g/mol. The van der Waals surface area contributed by atoms with Gasteiger partial charge in [0.2, 0.25) is 0 Å². The Bertz CT molecular complexity index is 795. The molecule has 1 amide bonds. The Morgan fingerprint density at radius 3 is 2.91 bits per heavy atom. The second-order valence-electron chi connectivity index (χ2n) is 5.32. The normalized spacial score (nSPS) is 12.3. The molecule has 0 bridgehead atoms. The maximum Gasteiger partial charge on any atom is 0.255 e. The van der Waals surface area contributed by atoms with Crippen LogP contribution in [0.3, 0.4) is 0 Å². The predicted molar refractivity (Wildman–Crippen MR) is 84.7 cm³/mol. The van der Waals surface area contributed by atoms with Crippen molar-refractivity contribution >= 4 is 11.4 Å². The van der Waals surface area contributed by atoms with Crippen LogP contribution in [0.1, 0.15) is 40.9 Å². The minimum Gasteiger partial charge on any atom is -0.345 e. The van der Waals surface area contributed by atoms with Crippen molar-refractivity contribution < 1.29 is 4.79 Å². The fourth-order valence-corrected chi connectivity index (χ4v) is 2.50. The number of hydrogen-bond acceptors (Lipinski definition) is 3. The first-order valence-electron chi connectivity index (χ1n) is 7.34. The van der Waals surface area contributed by atoms with Gasteiger partial charge in [0.25, 0.3) is 5.91 Å². The van der Waals surface area contributed by atoms with E-state index in [1.165, 1.54) is 0 Å². The van der Waals surface area contributed by atoms with Gasteiger partial charge in [0.15, 0.2) is 0 Å². The van der Waals surface area contributed by atoms with Crippen molar-refractivity contribution in [2.45, 2.75) is 26.3 Å². The number of carbonyl (C=O) groups excluding carboxylic acids is 1. The number of aryl methyl sites for hydroxylation is 1. The lowest BCUT2D eigenvalue weighted by atomic mass is 10.1. The first-order chi connectivity index (χ1) is 10.7. The summed E-state index contributed by atoms with van der Waals surface area (Å²) < 4.78 is 1.73. The SMILES string of the molecule is CCC(NC(=O)c1cnn2cc(C)ccc12)c1cccnc1. The molecule has 112 valence electrons. The molecular weight excluding hydrogens is 276 g/mol. The molecule has 3 heterocycles. The number of fused-ring (bicyclic) bond motifs is 1. The summed E-state index contributed by atoms with van der Waals surface area (Å²) >= 11 is 0. The van der Waals surface area contributed by atoms with Crippen LogP contribution >= 0.6 is 0 Å². The summed E-state index contributed by atoms with van der Waals surface area (Å²) in [5.74, 6) is -0.116. The number of rotatable bonds is 4. The largest absolute Gasteiger partial charge is 0.345 e. The minimum atomic E-state index is -0.116.